The summed E-state index contributed by atoms with van der Waals surface area (Å²) in [6.07, 6.45) is 3.83. The summed E-state index contributed by atoms with van der Waals surface area (Å²) in [4.78, 5) is 2.40. The van der Waals surface area contributed by atoms with Crippen LogP contribution < -0.4 is 10.6 Å². The van der Waals surface area contributed by atoms with Gasteiger partial charge in [-0.05, 0) is 39.0 Å². The van der Waals surface area contributed by atoms with E-state index in [0.717, 1.165) is 13.1 Å². The standard InChI is InChI=1S/C7H14N3/c1-3-8-7-9-4-2-6-10(7)5-1/h8-9H,1-6H2/q-1. The first kappa shape index (κ1) is 6.58. The zero-order valence-corrected chi connectivity index (χ0v) is 6.19. The predicted molar refractivity (Wildman–Crippen MR) is 40.1 cm³/mol. The molecule has 0 aliphatic carbocycles. The van der Waals surface area contributed by atoms with Crippen LogP contribution in [-0.4, -0.2) is 31.1 Å². The maximum absolute atomic E-state index is 3.35. The number of hydrogen-bond acceptors (Lipinski definition) is 3. The van der Waals surface area contributed by atoms with E-state index in [1.807, 2.05) is 0 Å². The number of nitrogens with zero attached hydrogens (tertiary/aromatic N) is 1. The zero-order chi connectivity index (χ0) is 6.81. The predicted octanol–water partition coefficient (Wildman–Crippen LogP) is -0.278. The molecular formula is C7H14N3-. The highest BCUT2D eigenvalue weighted by Gasteiger charge is 2.11. The van der Waals surface area contributed by atoms with E-state index in [0.29, 0.717) is 0 Å². The van der Waals surface area contributed by atoms with E-state index in [1.54, 1.807) is 0 Å². The second-order valence-corrected chi connectivity index (χ2v) is 2.90. The Morgan fingerprint density at radius 2 is 1.60 bits per heavy atom. The van der Waals surface area contributed by atoms with Gasteiger partial charge in [-0.1, -0.05) is 0 Å². The molecule has 2 fully saturated rings. The molecule has 0 atom stereocenters. The van der Waals surface area contributed by atoms with E-state index < -0.39 is 0 Å². The van der Waals surface area contributed by atoms with Crippen LogP contribution in [0.4, 0.5) is 0 Å². The van der Waals surface area contributed by atoms with Crippen molar-refractivity contribution in [2.24, 2.45) is 0 Å². The van der Waals surface area contributed by atoms with Gasteiger partial charge in [0.2, 0.25) is 0 Å². The summed E-state index contributed by atoms with van der Waals surface area (Å²) < 4.78 is 0. The van der Waals surface area contributed by atoms with Gasteiger partial charge in [-0.3, -0.25) is 0 Å². The summed E-state index contributed by atoms with van der Waals surface area (Å²) in [5.74, 6) is 0. The van der Waals surface area contributed by atoms with E-state index in [9.17, 15) is 0 Å². The zero-order valence-electron chi connectivity index (χ0n) is 6.19. The lowest BCUT2D eigenvalue weighted by atomic mass is 10.2. The Bertz CT molecular complexity index is 89.4. The highest BCUT2D eigenvalue weighted by Crippen LogP contribution is 2.11. The Labute approximate surface area is 61.8 Å². The third-order valence-corrected chi connectivity index (χ3v) is 2.11. The summed E-state index contributed by atoms with van der Waals surface area (Å²) in [6, 6.07) is 0. The molecule has 2 saturated heterocycles. The summed E-state index contributed by atoms with van der Waals surface area (Å²) in [7, 11) is 0. The van der Waals surface area contributed by atoms with Crippen molar-refractivity contribution in [3.05, 3.63) is 6.29 Å². The van der Waals surface area contributed by atoms with Crippen LogP contribution in [0.3, 0.4) is 0 Å². The van der Waals surface area contributed by atoms with Crippen molar-refractivity contribution < 1.29 is 0 Å². The lowest BCUT2D eigenvalue weighted by Crippen LogP contribution is -2.55. The molecule has 58 valence electrons. The molecule has 2 heterocycles. The molecule has 2 aliphatic rings. The molecule has 0 saturated carbocycles. The molecule has 2 rings (SSSR count). The molecular weight excluding hydrogens is 126 g/mol. The lowest BCUT2D eigenvalue weighted by molar-refractivity contribution is 0.160. The van der Waals surface area contributed by atoms with Gasteiger partial charge in [0.15, 0.2) is 0 Å². The summed E-state index contributed by atoms with van der Waals surface area (Å²) >= 11 is 0. The normalized spacial score (nSPS) is 30.0. The molecule has 0 unspecified atom stereocenters. The van der Waals surface area contributed by atoms with Crippen LogP contribution >= 0.6 is 0 Å². The van der Waals surface area contributed by atoms with Gasteiger partial charge in [-0.25, -0.2) is 0 Å². The van der Waals surface area contributed by atoms with Crippen molar-refractivity contribution in [3.8, 4) is 0 Å². The molecule has 0 radical (unpaired) electrons. The number of nitrogens with one attached hydrogen (secondary N) is 2. The van der Waals surface area contributed by atoms with E-state index >= 15 is 0 Å². The molecule has 2 N–H and O–H groups in total. The average molecular weight is 140 g/mol. The largest absolute Gasteiger partial charge is 0.439 e. The molecule has 0 aromatic rings. The van der Waals surface area contributed by atoms with Crippen molar-refractivity contribution >= 4 is 0 Å². The number of hydrogen-bond donors (Lipinski definition) is 2. The lowest BCUT2D eigenvalue weighted by Gasteiger charge is -2.53. The van der Waals surface area contributed by atoms with Gasteiger partial charge in [-0.15, -0.1) is 6.29 Å². The number of fused-ring (bicyclic) bond motifs is 1. The van der Waals surface area contributed by atoms with Crippen LogP contribution in [0.15, 0.2) is 0 Å². The quantitative estimate of drug-likeness (QED) is 0.453. The minimum Gasteiger partial charge on any atom is -0.439 e. The molecule has 0 aromatic heterocycles. The van der Waals surface area contributed by atoms with Crippen molar-refractivity contribution in [2.75, 3.05) is 26.2 Å². The third-order valence-electron chi connectivity index (χ3n) is 2.11. The van der Waals surface area contributed by atoms with Crippen LogP contribution in [0.5, 0.6) is 0 Å². The first-order valence-electron chi connectivity index (χ1n) is 4.06. The fourth-order valence-corrected chi connectivity index (χ4v) is 1.57. The van der Waals surface area contributed by atoms with Crippen LogP contribution in [0.1, 0.15) is 12.8 Å². The Kier molecular flexibility index (Phi) is 1.88. The fourth-order valence-electron chi connectivity index (χ4n) is 1.57. The summed E-state index contributed by atoms with van der Waals surface area (Å²) in [5, 5.41) is 6.70. The molecule has 3 nitrogen and oxygen atoms in total. The Morgan fingerprint density at radius 1 is 1.00 bits per heavy atom. The third kappa shape index (κ3) is 1.17. The maximum atomic E-state index is 3.35. The van der Waals surface area contributed by atoms with E-state index in [-0.39, 0.29) is 0 Å². The van der Waals surface area contributed by atoms with Crippen LogP contribution in [0.2, 0.25) is 0 Å². The molecule has 0 amide bonds. The average Bonchev–Trinajstić information content (AvgIpc) is 2.05. The highest BCUT2D eigenvalue weighted by atomic mass is 15.4. The van der Waals surface area contributed by atoms with Gasteiger partial charge in [0.05, 0.1) is 0 Å². The SMILES string of the molecule is C1CN[C-]2NCCCN2C1. The first-order valence-corrected chi connectivity index (χ1v) is 4.06. The Hall–Kier alpha value is -0.120. The van der Waals surface area contributed by atoms with Gasteiger partial charge in [0.1, 0.15) is 0 Å². The minimum absolute atomic E-state index is 1.14. The first-order chi connectivity index (χ1) is 4.97. The number of rotatable bonds is 0. The minimum atomic E-state index is 1.14. The van der Waals surface area contributed by atoms with E-state index in [4.69, 9.17) is 0 Å². The maximum Gasteiger partial charge on any atom is -0.0268 e. The molecule has 2 aliphatic heterocycles. The van der Waals surface area contributed by atoms with E-state index in [2.05, 4.69) is 15.5 Å². The van der Waals surface area contributed by atoms with Gasteiger partial charge >= 0.3 is 0 Å². The van der Waals surface area contributed by atoms with Crippen LogP contribution in [0.25, 0.3) is 0 Å². The second-order valence-electron chi connectivity index (χ2n) is 2.90. The van der Waals surface area contributed by atoms with Crippen LogP contribution in [0, 0.1) is 6.29 Å². The smallest absolute Gasteiger partial charge is 0.0268 e. The van der Waals surface area contributed by atoms with Crippen LogP contribution in [-0.2, 0) is 0 Å². The van der Waals surface area contributed by atoms with Crippen molar-refractivity contribution in [3.63, 3.8) is 0 Å². The molecule has 0 spiro atoms. The topological polar surface area (TPSA) is 27.3 Å². The van der Waals surface area contributed by atoms with E-state index in [1.165, 1.54) is 32.2 Å². The van der Waals surface area contributed by atoms with Crippen molar-refractivity contribution in [1.82, 2.24) is 15.5 Å². The van der Waals surface area contributed by atoms with Gasteiger partial charge in [0.25, 0.3) is 0 Å². The molecule has 10 heavy (non-hydrogen) atoms. The summed E-state index contributed by atoms with van der Waals surface area (Å²) in [5.41, 5.74) is 0. The van der Waals surface area contributed by atoms with Crippen molar-refractivity contribution in [1.29, 1.82) is 0 Å². The second kappa shape index (κ2) is 2.86. The van der Waals surface area contributed by atoms with Crippen molar-refractivity contribution in [2.45, 2.75) is 12.8 Å². The molecule has 0 bridgehead atoms. The Morgan fingerprint density at radius 3 is 2.10 bits per heavy atom. The highest BCUT2D eigenvalue weighted by molar-refractivity contribution is 4.91. The summed E-state index contributed by atoms with van der Waals surface area (Å²) in [6.45, 7) is 4.74. The van der Waals surface area contributed by atoms with Gasteiger partial charge < -0.3 is 15.5 Å². The monoisotopic (exact) mass is 140 g/mol. The van der Waals surface area contributed by atoms with Gasteiger partial charge in [-0.2, -0.15) is 0 Å². The fraction of sp³-hybridized carbons (Fsp3) is 0.857. The molecule has 3 heteroatoms. The van der Waals surface area contributed by atoms with Gasteiger partial charge in [0, 0.05) is 0 Å². The molecule has 0 aromatic carbocycles. The Balaban J connectivity index is 1.93.